The number of benzene rings is 2. The van der Waals surface area contributed by atoms with E-state index < -0.39 is 12.0 Å². The zero-order valence-corrected chi connectivity index (χ0v) is 20.5. The van der Waals surface area contributed by atoms with Crippen molar-refractivity contribution in [2.45, 2.75) is 44.5 Å². The molecule has 0 amide bonds. The van der Waals surface area contributed by atoms with Gasteiger partial charge in [0.05, 0.1) is 61.8 Å². The average molecular weight is 486 g/mol. The molecule has 2 aliphatic heterocycles. The van der Waals surface area contributed by atoms with Gasteiger partial charge >= 0.3 is 5.97 Å². The molecule has 0 bridgehead atoms. The molecular formula is C29H31N3O4. The number of carbonyl (C=O) groups excluding carboxylic acids is 1. The molecule has 2 aromatic carbocycles. The molecule has 5 atom stereocenters. The summed E-state index contributed by atoms with van der Waals surface area (Å²) in [7, 11) is 1.39. The minimum absolute atomic E-state index is 0.0974. The van der Waals surface area contributed by atoms with E-state index in [0.717, 1.165) is 35.3 Å². The molecule has 0 spiro atoms. The molecule has 1 saturated carbocycles. The topological polar surface area (TPSA) is 68.3 Å². The Morgan fingerprint density at radius 2 is 1.97 bits per heavy atom. The molecule has 0 radical (unpaired) electrons. The average Bonchev–Trinajstić information content (AvgIpc) is 3.14. The van der Waals surface area contributed by atoms with Crippen LogP contribution >= 0.6 is 0 Å². The summed E-state index contributed by atoms with van der Waals surface area (Å²) in [5.74, 6) is -1.06. The van der Waals surface area contributed by atoms with Crippen LogP contribution in [0.1, 0.15) is 42.2 Å². The number of ether oxygens (including phenoxy) is 2. The molecule has 0 unspecified atom stereocenters. The van der Waals surface area contributed by atoms with Crippen LogP contribution in [0.4, 0.5) is 0 Å². The molecule has 3 heterocycles. The molecule has 1 aromatic heterocycles. The fourth-order valence-corrected chi connectivity index (χ4v) is 6.82. The third kappa shape index (κ3) is 3.68. The maximum absolute atomic E-state index is 12.9. The Balaban J connectivity index is 1.57. The summed E-state index contributed by atoms with van der Waals surface area (Å²) in [4.78, 5) is 16.8. The van der Waals surface area contributed by atoms with Crippen molar-refractivity contribution in [2.75, 3.05) is 20.2 Å². The number of rotatable bonds is 1. The largest absolute Gasteiger partial charge is 0.469 e. The third-order valence-corrected chi connectivity index (χ3v) is 8.48. The van der Waals surface area contributed by atoms with Crippen LogP contribution in [-0.2, 0) is 27.3 Å². The van der Waals surface area contributed by atoms with Crippen LogP contribution in [0.15, 0.2) is 48.5 Å². The van der Waals surface area contributed by atoms with E-state index in [9.17, 15) is 9.90 Å². The van der Waals surface area contributed by atoms with Crippen LogP contribution in [0.3, 0.4) is 0 Å². The van der Waals surface area contributed by atoms with Gasteiger partial charge in [0.2, 0.25) is 0 Å². The van der Waals surface area contributed by atoms with Gasteiger partial charge in [0.1, 0.15) is 0 Å². The first-order valence-corrected chi connectivity index (χ1v) is 12.8. The number of methoxy groups -OCH3 is 1. The van der Waals surface area contributed by atoms with E-state index >= 15 is 0 Å². The first-order valence-electron chi connectivity index (χ1n) is 12.8. The van der Waals surface area contributed by atoms with Gasteiger partial charge in [-0.15, -0.1) is 5.01 Å². The number of carbonyl (C=O) groups is 1. The summed E-state index contributed by atoms with van der Waals surface area (Å²) in [6, 6.07) is 16.8. The maximum Gasteiger partial charge on any atom is 0.311 e. The zero-order chi connectivity index (χ0) is 24.8. The predicted molar refractivity (Wildman–Crippen MR) is 135 cm³/mol. The van der Waals surface area contributed by atoms with E-state index in [1.807, 2.05) is 11.1 Å². The highest BCUT2D eigenvalue weighted by molar-refractivity contribution is 5.88. The standard InChI is InChI=1S/C29H31N3O4/c1-30-31-14-13-21-20-8-4-6-10-24(20)32-23-9-5-3-7-19(23)17-36-26(28(21)32)15-22-18(16-31)11-12-25(33)27(22)29(34)35-2/h3-10,18,22,25-27,33H,11-17H2,2H3/t18-,22-,25-,26-,27+/m0/s1. The van der Waals surface area contributed by atoms with Crippen molar-refractivity contribution < 1.29 is 19.4 Å². The number of esters is 1. The van der Waals surface area contributed by atoms with Crippen LogP contribution in [0.2, 0.25) is 0 Å². The number of para-hydroxylation sites is 2. The summed E-state index contributed by atoms with van der Waals surface area (Å²) in [5, 5.41) is 13.9. The second-order valence-corrected chi connectivity index (χ2v) is 10.3. The fourth-order valence-electron chi connectivity index (χ4n) is 6.82. The lowest BCUT2D eigenvalue weighted by molar-refractivity contribution is -0.158. The summed E-state index contributed by atoms with van der Waals surface area (Å²) in [6.45, 7) is 9.52. The minimum Gasteiger partial charge on any atom is -0.469 e. The van der Waals surface area contributed by atoms with Crippen LogP contribution in [0.5, 0.6) is 0 Å². The van der Waals surface area contributed by atoms with E-state index in [1.54, 1.807) is 0 Å². The predicted octanol–water partition coefficient (Wildman–Crippen LogP) is 4.46. The zero-order valence-electron chi connectivity index (χ0n) is 20.5. The first-order chi connectivity index (χ1) is 17.6. The van der Waals surface area contributed by atoms with Crippen molar-refractivity contribution in [1.82, 2.24) is 9.58 Å². The van der Waals surface area contributed by atoms with Gasteiger partial charge in [0.15, 0.2) is 0 Å². The fraction of sp³-hybridized carbons (Fsp3) is 0.448. The normalized spacial score (nSPS) is 27.7. The maximum atomic E-state index is 12.9. The summed E-state index contributed by atoms with van der Waals surface area (Å²) in [6.07, 6.45) is 1.64. The molecule has 36 heavy (non-hydrogen) atoms. The van der Waals surface area contributed by atoms with E-state index in [0.29, 0.717) is 32.5 Å². The van der Waals surface area contributed by atoms with Gasteiger partial charge < -0.3 is 19.1 Å². The Labute approximate surface area is 211 Å². The highest BCUT2D eigenvalue weighted by Gasteiger charge is 2.47. The van der Waals surface area contributed by atoms with Gasteiger partial charge in [-0.3, -0.25) is 4.79 Å². The first kappa shape index (κ1) is 23.1. The second-order valence-electron chi connectivity index (χ2n) is 10.3. The lowest BCUT2D eigenvalue weighted by Gasteiger charge is -2.41. The van der Waals surface area contributed by atoms with Gasteiger partial charge in [-0.1, -0.05) is 36.4 Å². The molecule has 6 rings (SSSR count). The van der Waals surface area contributed by atoms with Gasteiger partial charge in [-0.25, -0.2) is 0 Å². The van der Waals surface area contributed by atoms with Crippen molar-refractivity contribution in [3.05, 3.63) is 76.9 Å². The number of aliphatic hydroxyl groups is 1. The number of hydrogen-bond donors (Lipinski definition) is 1. The van der Waals surface area contributed by atoms with Crippen molar-refractivity contribution in [2.24, 2.45) is 17.8 Å². The van der Waals surface area contributed by atoms with Gasteiger partial charge in [0.25, 0.3) is 0 Å². The van der Waals surface area contributed by atoms with Gasteiger partial charge in [-0.05, 0) is 55.2 Å². The van der Waals surface area contributed by atoms with Crippen molar-refractivity contribution in [3.63, 3.8) is 0 Å². The molecule has 1 aliphatic carbocycles. The van der Waals surface area contributed by atoms with Crippen molar-refractivity contribution in [1.29, 1.82) is 0 Å². The van der Waals surface area contributed by atoms with Crippen LogP contribution in [-0.4, -0.2) is 47.0 Å². The molecule has 1 N–H and O–H groups in total. The molecule has 186 valence electrons. The summed E-state index contributed by atoms with van der Waals surface area (Å²) in [5.41, 5.74) is 5.67. The number of aromatic nitrogens is 1. The molecule has 3 aromatic rings. The number of aliphatic hydroxyl groups excluding tert-OH is 1. The van der Waals surface area contributed by atoms with E-state index in [2.05, 4.69) is 52.0 Å². The van der Waals surface area contributed by atoms with Gasteiger partial charge in [0, 0.05) is 10.9 Å². The van der Waals surface area contributed by atoms with E-state index in [4.69, 9.17) is 16.0 Å². The summed E-state index contributed by atoms with van der Waals surface area (Å²) >= 11 is 0. The van der Waals surface area contributed by atoms with Crippen LogP contribution in [0.25, 0.3) is 21.5 Å². The minimum atomic E-state index is -0.753. The highest BCUT2D eigenvalue weighted by atomic mass is 16.5. The Bertz CT molecular complexity index is 1340. The number of fused-ring (bicyclic) bond motifs is 6. The Morgan fingerprint density at radius 3 is 2.81 bits per heavy atom. The van der Waals surface area contributed by atoms with Gasteiger partial charge in [-0.2, -0.15) is 11.5 Å². The quantitative estimate of drug-likeness (QED) is 0.407. The highest BCUT2D eigenvalue weighted by Crippen LogP contribution is 2.47. The smallest absolute Gasteiger partial charge is 0.311 e. The number of hydrogen-bond acceptors (Lipinski definition) is 5. The molecule has 7 heteroatoms. The third-order valence-electron chi connectivity index (χ3n) is 8.48. The summed E-state index contributed by atoms with van der Waals surface area (Å²) < 4.78 is 14.2. The van der Waals surface area contributed by atoms with Crippen molar-refractivity contribution in [3.8, 4) is 5.69 Å². The second kappa shape index (κ2) is 9.27. The molecule has 0 saturated heterocycles. The van der Waals surface area contributed by atoms with E-state index in [-0.39, 0.29) is 23.9 Å². The Kier molecular flexibility index (Phi) is 5.94. The molecule has 1 fully saturated rings. The molecular weight excluding hydrogens is 454 g/mol. The molecule has 7 nitrogen and oxygen atoms in total. The van der Waals surface area contributed by atoms with Crippen LogP contribution in [0, 0.1) is 24.3 Å². The number of nitrogens with zero attached hydrogens (tertiary/aromatic N) is 3. The monoisotopic (exact) mass is 485 g/mol. The Morgan fingerprint density at radius 1 is 1.17 bits per heavy atom. The van der Waals surface area contributed by atoms with Crippen molar-refractivity contribution >= 4 is 16.9 Å². The molecule has 3 aliphatic rings. The van der Waals surface area contributed by atoms with Crippen LogP contribution < -0.4 is 0 Å². The Hall–Kier alpha value is -3.34. The van der Waals surface area contributed by atoms with E-state index in [1.165, 1.54) is 18.1 Å². The lowest BCUT2D eigenvalue weighted by atomic mass is 9.67. The lowest BCUT2D eigenvalue weighted by Crippen LogP contribution is -2.47. The SMILES string of the molecule is [C-]#[N+]N1CCc2c3n(c4ccccc24)-c2ccccc2CO[C@H]3C[C@H]2[C@@H](CC[C@H](O)[C@@H]2C(=O)OC)C1.